The van der Waals surface area contributed by atoms with Gasteiger partial charge in [0.05, 0.1) is 17.4 Å². The van der Waals surface area contributed by atoms with E-state index in [1.54, 1.807) is 12.4 Å². The third kappa shape index (κ3) is 1.42. The summed E-state index contributed by atoms with van der Waals surface area (Å²) in [5.74, 6) is 0. The lowest BCUT2D eigenvalue weighted by Gasteiger charge is -2.02. The molecule has 0 saturated heterocycles. The second-order valence-electron chi connectivity index (χ2n) is 3.43. The summed E-state index contributed by atoms with van der Waals surface area (Å²) < 4.78 is 2.97. The summed E-state index contributed by atoms with van der Waals surface area (Å²) in [6, 6.07) is 9.95. The predicted octanol–water partition coefficient (Wildman–Crippen LogP) is 3.18. The smallest absolute Gasteiger partial charge is 0.0752 e. The Balaban J connectivity index is 2.30. The highest BCUT2D eigenvalue weighted by Crippen LogP contribution is 2.24. The maximum Gasteiger partial charge on any atom is 0.0752 e. The van der Waals surface area contributed by atoms with E-state index in [2.05, 4.69) is 26.0 Å². The molecule has 0 N–H and O–H groups in total. The molecule has 0 atom stereocenters. The van der Waals surface area contributed by atoms with E-state index in [0.29, 0.717) is 0 Å². The van der Waals surface area contributed by atoms with Crippen molar-refractivity contribution in [2.45, 2.75) is 0 Å². The Kier molecular flexibility index (Phi) is 2.22. The van der Waals surface area contributed by atoms with Gasteiger partial charge in [-0.2, -0.15) is 5.10 Å². The van der Waals surface area contributed by atoms with Crippen LogP contribution in [0.25, 0.3) is 16.6 Å². The summed E-state index contributed by atoms with van der Waals surface area (Å²) in [4.78, 5) is 4.00. The predicted molar refractivity (Wildman–Crippen MR) is 66.6 cm³/mol. The van der Waals surface area contributed by atoms with Crippen LogP contribution in [0.15, 0.2) is 53.4 Å². The number of nitrogens with zero attached hydrogens (tertiary/aromatic N) is 3. The number of aromatic nitrogens is 3. The van der Waals surface area contributed by atoms with Gasteiger partial charge in [0.1, 0.15) is 0 Å². The fraction of sp³-hybridized carbons (Fsp3) is 0. The van der Waals surface area contributed by atoms with Crippen molar-refractivity contribution in [1.82, 2.24) is 14.8 Å². The van der Waals surface area contributed by atoms with Crippen LogP contribution in [0.5, 0.6) is 0 Å². The number of hydrogen-bond donors (Lipinski definition) is 0. The molecule has 3 nitrogen and oxygen atoms in total. The van der Waals surface area contributed by atoms with Crippen LogP contribution >= 0.6 is 15.9 Å². The summed E-state index contributed by atoms with van der Waals surface area (Å²) in [6.45, 7) is 0. The molecule has 0 aliphatic heterocycles. The largest absolute Gasteiger partial charge is 0.265 e. The topological polar surface area (TPSA) is 30.7 Å². The monoisotopic (exact) mass is 273 g/mol. The van der Waals surface area contributed by atoms with Gasteiger partial charge in [-0.25, -0.2) is 4.68 Å². The van der Waals surface area contributed by atoms with Crippen molar-refractivity contribution in [3.8, 4) is 5.69 Å². The minimum atomic E-state index is 1.02. The average molecular weight is 274 g/mol. The number of benzene rings is 1. The molecule has 0 bridgehead atoms. The second kappa shape index (κ2) is 3.72. The SMILES string of the molecule is Brc1cccc2c1cnn2-c1ccncc1. The molecular formula is C12H8BrN3. The summed E-state index contributed by atoms with van der Waals surface area (Å²) in [5, 5.41) is 5.50. The zero-order valence-electron chi connectivity index (χ0n) is 8.34. The van der Waals surface area contributed by atoms with E-state index < -0.39 is 0 Å². The normalized spacial score (nSPS) is 10.8. The average Bonchev–Trinajstić information content (AvgIpc) is 2.75. The number of fused-ring (bicyclic) bond motifs is 1. The molecule has 0 amide bonds. The first-order valence-corrected chi connectivity index (χ1v) is 5.68. The van der Waals surface area contributed by atoms with Crippen molar-refractivity contribution in [2.24, 2.45) is 0 Å². The summed E-state index contributed by atoms with van der Waals surface area (Å²) >= 11 is 3.52. The highest BCUT2D eigenvalue weighted by molar-refractivity contribution is 9.10. The van der Waals surface area contributed by atoms with Crippen LogP contribution in [-0.2, 0) is 0 Å². The van der Waals surface area contributed by atoms with Gasteiger partial charge < -0.3 is 0 Å². The van der Waals surface area contributed by atoms with E-state index in [4.69, 9.17) is 0 Å². The Labute approximate surface area is 101 Å². The Bertz CT molecular complexity index is 631. The zero-order chi connectivity index (χ0) is 11.0. The molecule has 0 saturated carbocycles. The van der Waals surface area contributed by atoms with Gasteiger partial charge in [0, 0.05) is 22.3 Å². The van der Waals surface area contributed by atoms with Crippen LogP contribution in [0.1, 0.15) is 0 Å². The van der Waals surface area contributed by atoms with Gasteiger partial charge in [-0.15, -0.1) is 0 Å². The molecule has 0 aliphatic rings. The Morgan fingerprint density at radius 3 is 2.69 bits per heavy atom. The highest BCUT2D eigenvalue weighted by Gasteiger charge is 2.06. The molecule has 2 aromatic heterocycles. The van der Waals surface area contributed by atoms with Crippen LogP contribution in [-0.4, -0.2) is 14.8 Å². The summed E-state index contributed by atoms with van der Waals surface area (Å²) in [6.07, 6.45) is 5.39. The van der Waals surface area contributed by atoms with Crippen molar-refractivity contribution in [3.63, 3.8) is 0 Å². The van der Waals surface area contributed by atoms with Crippen LogP contribution in [0.4, 0.5) is 0 Å². The minimum Gasteiger partial charge on any atom is -0.265 e. The maximum absolute atomic E-state index is 4.39. The van der Waals surface area contributed by atoms with Crippen LogP contribution < -0.4 is 0 Å². The van der Waals surface area contributed by atoms with Crippen molar-refractivity contribution in [1.29, 1.82) is 0 Å². The van der Waals surface area contributed by atoms with E-state index >= 15 is 0 Å². The van der Waals surface area contributed by atoms with Crippen LogP contribution in [0.2, 0.25) is 0 Å². The Hall–Kier alpha value is -1.68. The number of hydrogen-bond acceptors (Lipinski definition) is 2. The lowest BCUT2D eigenvalue weighted by atomic mass is 10.2. The molecule has 1 aromatic carbocycles. The van der Waals surface area contributed by atoms with Crippen molar-refractivity contribution in [2.75, 3.05) is 0 Å². The molecule has 3 rings (SSSR count). The molecule has 0 radical (unpaired) electrons. The van der Waals surface area contributed by atoms with Gasteiger partial charge >= 0.3 is 0 Å². The lowest BCUT2D eigenvalue weighted by molar-refractivity contribution is 0.907. The van der Waals surface area contributed by atoms with Crippen molar-refractivity contribution < 1.29 is 0 Å². The van der Waals surface area contributed by atoms with Crippen molar-refractivity contribution in [3.05, 3.63) is 53.4 Å². The number of rotatable bonds is 1. The fourth-order valence-corrected chi connectivity index (χ4v) is 2.16. The van der Waals surface area contributed by atoms with Gasteiger partial charge in [-0.1, -0.05) is 22.0 Å². The third-order valence-electron chi connectivity index (χ3n) is 2.47. The van der Waals surface area contributed by atoms with Crippen molar-refractivity contribution >= 4 is 26.8 Å². The number of halogens is 1. The highest BCUT2D eigenvalue weighted by atomic mass is 79.9. The molecule has 2 heterocycles. The van der Waals surface area contributed by atoms with Gasteiger partial charge in [0.25, 0.3) is 0 Å². The number of pyridine rings is 1. The molecule has 4 heteroatoms. The molecule has 78 valence electrons. The van der Waals surface area contributed by atoms with E-state index in [-0.39, 0.29) is 0 Å². The molecule has 0 unspecified atom stereocenters. The van der Waals surface area contributed by atoms with E-state index in [1.165, 1.54) is 0 Å². The lowest BCUT2D eigenvalue weighted by Crippen LogP contribution is -1.95. The maximum atomic E-state index is 4.39. The van der Waals surface area contributed by atoms with Gasteiger partial charge in [0.15, 0.2) is 0 Å². The van der Waals surface area contributed by atoms with Crippen LogP contribution in [0.3, 0.4) is 0 Å². The molecule has 0 aliphatic carbocycles. The molecule has 0 fully saturated rings. The van der Waals surface area contributed by atoms with E-state index in [0.717, 1.165) is 21.1 Å². The summed E-state index contributed by atoms with van der Waals surface area (Å²) in [5.41, 5.74) is 2.10. The van der Waals surface area contributed by atoms with E-state index in [1.807, 2.05) is 41.2 Å². The third-order valence-corrected chi connectivity index (χ3v) is 3.16. The first-order valence-electron chi connectivity index (χ1n) is 4.89. The standard InChI is InChI=1S/C12H8BrN3/c13-11-2-1-3-12-10(11)8-15-16(12)9-4-6-14-7-5-9/h1-8H. The molecule has 16 heavy (non-hydrogen) atoms. The second-order valence-corrected chi connectivity index (χ2v) is 4.29. The minimum absolute atomic E-state index is 1.02. The van der Waals surface area contributed by atoms with Crippen LogP contribution in [0, 0.1) is 0 Å². The molecular weight excluding hydrogens is 266 g/mol. The van der Waals surface area contributed by atoms with Gasteiger partial charge in [0.2, 0.25) is 0 Å². The summed E-state index contributed by atoms with van der Waals surface area (Å²) in [7, 11) is 0. The first kappa shape index (κ1) is 9.54. The first-order chi connectivity index (χ1) is 7.86. The zero-order valence-corrected chi connectivity index (χ0v) is 9.92. The molecule has 0 spiro atoms. The van der Waals surface area contributed by atoms with E-state index in [9.17, 15) is 0 Å². The fourth-order valence-electron chi connectivity index (χ4n) is 1.71. The van der Waals surface area contributed by atoms with Gasteiger partial charge in [-0.05, 0) is 24.3 Å². The van der Waals surface area contributed by atoms with Gasteiger partial charge in [-0.3, -0.25) is 4.98 Å². The molecule has 3 aromatic rings. The quantitative estimate of drug-likeness (QED) is 0.682. The Morgan fingerprint density at radius 2 is 1.88 bits per heavy atom. The Morgan fingerprint density at radius 1 is 1.06 bits per heavy atom.